The number of halogens is 1. The third kappa shape index (κ3) is 2.46. The van der Waals surface area contributed by atoms with Gasteiger partial charge in [0, 0.05) is 4.47 Å². The summed E-state index contributed by atoms with van der Waals surface area (Å²) in [7, 11) is 0. The van der Waals surface area contributed by atoms with Gasteiger partial charge >= 0.3 is 0 Å². The normalized spacial score (nSPS) is 23.0. The first-order chi connectivity index (χ1) is 7.41. The van der Waals surface area contributed by atoms with E-state index in [0.29, 0.717) is 0 Å². The Hall–Kier alpha value is -0.420. The molecular formula is C12H15BrO3. The van der Waals surface area contributed by atoms with Gasteiger partial charge < -0.3 is 14.6 Å². The Kier molecular flexibility index (Phi) is 3.09. The Morgan fingerprint density at radius 1 is 1.12 bits per heavy atom. The van der Waals surface area contributed by atoms with Crippen LogP contribution in [-0.4, -0.2) is 24.1 Å². The molecule has 88 valence electrons. The van der Waals surface area contributed by atoms with Crippen LogP contribution in [0.5, 0.6) is 0 Å². The summed E-state index contributed by atoms with van der Waals surface area (Å²) in [6, 6.07) is 7.53. The van der Waals surface area contributed by atoms with Gasteiger partial charge in [-0.2, -0.15) is 0 Å². The Morgan fingerprint density at radius 2 is 1.62 bits per heavy atom. The van der Waals surface area contributed by atoms with Crippen LogP contribution >= 0.6 is 15.9 Å². The average molecular weight is 287 g/mol. The van der Waals surface area contributed by atoms with Crippen molar-refractivity contribution < 1.29 is 14.6 Å². The highest BCUT2D eigenvalue weighted by atomic mass is 79.9. The fourth-order valence-electron chi connectivity index (χ4n) is 1.60. The first-order valence-electron chi connectivity index (χ1n) is 5.18. The fourth-order valence-corrected chi connectivity index (χ4v) is 1.86. The number of ether oxygens (including phenoxy) is 2. The molecule has 0 amide bonds. The third-order valence-corrected chi connectivity index (χ3v) is 3.23. The Bertz CT molecular complexity index is 362. The second-order valence-corrected chi connectivity index (χ2v) is 5.43. The molecule has 0 unspecified atom stereocenters. The Balaban J connectivity index is 2.18. The van der Waals surface area contributed by atoms with Crippen LogP contribution in [0.15, 0.2) is 28.7 Å². The molecular weight excluding hydrogens is 272 g/mol. The first-order valence-corrected chi connectivity index (χ1v) is 5.97. The molecule has 16 heavy (non-hydrogen) atoms. The Labute approximate surface area is 104 Å². The average Bonchev–Trinajstić information content (AvgIpc) is 2.24. The van der Waals surface area contributed by atoms with Crippen molar-refractivity contribution in [2.24, 2.45) is 0 Å². The summed E-state index contributed by atoms with van der Waals surface area (Å²) in [5.41, 5.74) is -0.234. The maximum atomic E-state index is 10.4. The van der Waals surface area contributed by atoms with E-state index in [-0.39, 0.29) is 13.2 Å². The highest BCUT2D eigenvalue weighted by Gasteiger charge is 2.39. The van der Waals surface area contributed by atoms with Crippen LogP contribution in [0.2, 0.25) is 0 Å². The quantitative estimate of drug-likeness (QED) is 0.862. The zero-order valence-electron chi connectivity index (χ0n) is 9.37. The minimum absolute atomic E-state index is 0.252. The summed E-state index contributed by atoms with van der Waals surface area (Å²) in [5, 5.41) is 10.4. The molecule has 1 saturated heterocycles. The topological polar surface area (TPSA) is 38.7 Å². The van der Waals surface area contributed by atoms with E-state index in [2.05, 4.69) is 15.9 Å². The van der Waals surface area contributed by atoms with Gasteiger partial charge in [-0.05, 0) is 31.5 Å². The maximum Gasteiger partial charge on any atom is 0.163 e. The summed E-state index contributed by atoms with van der Waals surface area (Å²) in [4.78, 5) is 0. The maximum absolute atomic E-state index is 10.4. The molecule has 1 aliphatic heterocycles. The van der Waals surface area contributed by atoms with Gasteiger partial charge in [0.15, 0.2) is 5.79 Å². The van der Waals surface area contributed by atoms with Gasteiger partial charge in [0.2, 0.25) is 0 Å². The summed E-state index contributed by atoms with van der Waals surface area (Å²) in [6.07, 6.45) is 0. The largest absolute Gasteiger partial charge is 0.380 e. The molecule has 0 spiro atoms. The molecule has 0 radical (unpaired) electrons. The van der Waals surface area contributed by atoms with E-state index in [1.165, 1.54) is 0 Å². The minimum atomic E-state index is -1.05. The lowest BCUT2D eigenvalue weighted by Crippen LogP contribution is -2.49. The molecule has 0 aromatic heterocycles. The Morgan fingerprint density at radius 3 is 2.12 bits per heavy atom. The van der Waals surface area contributed by atoms with Gasteiger partial charge in [0.25, 0.3) is 0 Å². The van der Waals surface area contributed by atoms with Crippen molar-refractivity contribution in [2.45, 2.75) is 25.2 Å². The van der Waals surface area contributed by atoms with Gasteiger partial charge in [0.05, 0.1) is 13.2 Å². The summed E-state index contributed by atoms with van der Waals surface area (Å²) < 4.78 is 11.9. The van der Waals surface area contributed by atoms with E-state index < -0.39 is 11.4 Å². The van der Waals surface area contributed by atoms with Crippen molar-refractivity contribution >= 4 is 15.9 Å². The zero-order valence-corrected chi connectivity index (χ0v) is 11.0. The smallest absolute Gasteiger partial charge is 0.163 e. The van der Waals surface area contributed by atoms with Crippen molar-refractivity contribution in [3.63, 3.8) is 0 Å². The van der Waals surface area contributed by atoms with Crippen molar-refractivity contribution in [3.05, 3.63) is 34.3 Å². The van der Waals surface area contributed by atoms with Crippen LogP contribution in [0.1, 0.15) is 19.4 Å². The van der Waals surface area contributed by atoms with Crippen molar-refractivity contribution in [2.75, 3.05) is 13.2 Å². The second-order valence-electron chi connectivity index (χ2n) is 4.52. The van der Waals surface area contributed by atoms with E-state index in [4.69, 9.17) is 9.47 Å². The van der Waals surface area contributed by atoms with Crippen LogP contribution in [0.4, 0.5) is 0 Å². The van der Waals surface area contributed by atoms with Crippen molar-refractivity contribution in [1.29, 1.82) is 0 Å². The molecule has 0 aliphatic carbocycles. The van der Waals surface area contributed by atoms with Gasteiger partial charge in [-0.1, -0.05) is 28.1 Å². The van der Waals surface area contributed by atoms with E-state index in [1.807, 2.05) is 38.1 Å². The van der Waals surface area contributed by atoms with E-state index in [0.717, 1.165) is 10.0 Å². The van der Waals surface area contributed by atoms with Gasteiger partial charge in [-0.3, -0.25) is 0 Å². The fraction of sp³-hybridized carbons (Fsp3) is 0.500. The van der Waals surface area contributed by atoms with Crippen LogP contribution in [0, 0.1) is 0 Å². The predicted molar refractivity (Wildman–Crippen MR) is 64.0 cm³/mol. The third-order valence-electron chi connectivity index (χ3n) is 2.70. The van der Waals surface area contributed by atoms with E-state index >= 15 is 0 Å². The molecule has 0 bridgehead atoms. The van der Waals surface area contributed by atoms with Crippen LogP contribution in [0.25, 0.3) is 0 Å². The second kappa shape index (κ2) is 4.11. The molecule has 1 N–H and O–H groups in total. The predicted octanol–water partition coefficient (Wildman–Crippen LogP) is 2.42. The number of rotatable bonds is 1. The highest BCUT2D eigenvalue weighted by Crippen LogP contribution is 2.31. The highest BCUT2D eigenvalue weighted by molar-refractivity contribution is 9.10. The zero-order chi connectivity index (χ0) is 11.8. The molecule has 1 aliphatic rings. The summed E-state index contributed by atoms with van der Waals surface area (Å²) >= 11 is 3.36. The van der Waals surface area contributed by atoms with Crippen LogP contribution in [-0.2, 0) is 15.1 Å². The SMILES string of the molecule is CC1(C)OCC(O)(c2ccc(Br)cc2)CO1. The molecule has 3 nitrogen and oxygen atoms in total. The van der Waals surface area contributed by atoms with Gasteiger partial charge in [-0.15, -0.1) is 0 Å². The molecule has 1 aromatic rings. The monoisotopic (exact) mass is 286 g/mol. The lowest BCUT2D eigenvalue weighted by atomic mass is 9.94. The molecule has 0 saturated carbocycles. The molecule has 1 heterocycles. The molecule has 2 rings (SSSR count). The number of hydrogen-bond acceptors (Lipinski definition) is 3. The summed E-state index contributed by atoms with van der Waals surface area (Å²) in [5.74, 6) is -0.610. The molecule has 0 atom stereocenters. The number of hydrogen-bond donors (Lipinski definition) is 1. The molecule has 1 aromatic carbocycles. The summed E-state index contributed by atoms with van der Waals surface area (Å²) in [6.45, 7) is 4.19. The van der Waals surface area contributed by atoms with Gasteiger partial charge in [-0.25, -0.2) is 0 Å². The standard InChI is InChI=1S/C12H15BrO3/c1-11(2)15-7-12(14,8-16-11)9-3-5-10(13)6-4-9/h3-6,14H,7-8H2,1-2H3. The number of aliphatic hydroxyl groups is 1. The van der Waals surface area contributed by atoms with Crippen molar-refractivity contribution in [3.8, 4) is 0 Å². The molecule has 4 heteroatoms. The minimum Gasteiger partial charge on any atom is -0.380 e. The lowest BCUT2D eigenvalue weighted by molar-refractivity contribution is -0.305. The first kappa shape index (κ1) is 12.0. The molecule has 1 fully saturated rings. The van der Waals surface area contributed by atoms with Crippen molar-refractivity contribution in [1.82, 2.24) is 0 Å². The lowest BCUT2D eigenvalue weighted by Gasteiger charge is -2.40. The van der Waals surface area contributed by atoms with Crippen LogP contribution < -0.4 is 0 Å². The number of benzene rings is 1. The van der Waals surface area contributed by atoms with E-state index in [1.54, 1.807) is 0 Å². The van der Waals surface area contributed by atoms with Gasteiger partial charge in [0.1, 0.15) is 5.60 Å². The van der Waals surface area contributed by atoms with Crippen LogP contribution in [0.3, 0.4) is 0 Å². The van der Waals surface area contributed by atoms with E-state index in [9.17, 15) is 5.11 Å².